The standard InChI is InChI=1S/C10H19F3N2O2/c1-9(14,10(11,12)13)8(16)15-6-4-3-5-7-17-2/h3-7,14H2,1-2H3,(H,15,16). The van der Waals surface area contributed by atoms with Crippen molar-refractivity contribution >= 4 is 5.91 Å². The van der Waals surface area contributed by atoms with Crippen molar-refractivity contribution in [2.75, 3.05) is 20.3 Å². The number of carbonyl (C=O) groups excluding carboxylic acids is 1. The lowest BCUT2D eigenvalue weighted by Gasteiger charge is -2.26. The smallest absolute Gasteiger partial charge is 0.385 e. The summed E-state index contributed by atoms with van der Waals surface area (Å²) in [5.74, 6) is -1.20. The molecule has 102 valence electrons. The molecule has 0 radical (unpaired) electrons. The molecule has 0 aromatic heterocycles. The molecule has 0 fully saturated rings. The van der Waals surface area contributed by atoms with E-state index >= 15 is 0 Å². The fourth-order valence-corrected chi connectivity index (χ4v) is 1.06. The van der Waals surface area contributed by atoms with E-state index in [4.69, 9.17) is 10.5 Å². The van der Waals surface area contributed by atoms with Crippen LogP contribution in [0, 0.1) is 0 Å². The second-order valence-corrected chi connectivity index (χ2v) is 4.01. The Morgan fingerprint density at radius 1 is 1.29 bits per heavy atom. The molecule has 0 aliphatic heterocycles. The topological polar surface area (TPSA) is 64.3 Å². The van der Waals surface area contributed by atoms with Crippen molar-refractivity contribution in [2.45, 2.75) is 37.9 Å². The van der Waals surface area contributed by atoms with Gasteiger partial charge in [0.1, 0.15) is 0 Å². The second-order valence-electron chi connectivity index (χ2n) is 4.01. The van der Waals surface area contributed by atoms with Gasteiger partial charge in [-0.1, -0.05) is 0 Å². The zero-order chi connectivity index (χ0) is 13.5. The number of nitrogens with two attached hydrogens (primary N) is 1. The van der Waals surface area contributed by atoms with Gasteiger partial charge < -0.3 is 15.8 Å². The predicted octanol–water partition coefficient (Wildman–Crippen LogP) is 1.20. The quantitative estimate of drug-likeness (QED) is 0.673. The van der Waals surface area contributed by atoms with Gasteiger partial charge in [-0.3, -0.25) is 4.79 Å². The largest absolute Gasteiger partial charge is 0.415 e. The highest BCUT2D eigenvalue weighted by atomic mass is 19.4. The molecular weight excluding hydrogens is 237 g/mol. The number of alkyl halides is 3. The van der Waals surface area contributed by atoms with Gasteiger partial charge in [0.2, 0.25) is 5.91 Å². The van der Waals surface area contributed by atoms with E-state index in [2.05, 4.69) is 5.32 Å². The summed E-state index contributed by atoms with van der Waals surface area (Å²) in [5, 5.41) is 2.18. The molecule has 7 heteroatoms. The summed E-state index contributed by atoms with van der Waals surface area (Å²) < 4.78 is 41.9. The molecule has 0 bridgehead atoms. The molecule has 0 rings (SSSR count). The minimum Gasteiger partial charge on any atom is -0.385 e. The number of ether oxygens (including phenoxy) is 1. The Balaban J connectivity index is 3.87. The van der Waals surface area contributed by atoms with Crippen LogP contribution in [0.25, 0.3) is 0 Å². The van der Waals surface area contributed by atoms with Gasteiger partial charge in [0.15, 0.2) is 5.54 Å². The van der Waals surface area contributed by atoms with Crippen LogP contribution < -0.4 is 11.1 Å². The molecule has 3 N–H and O–H groups in total. The van der Waals surface area contributed by atoms with Gasteiger partial charge in [0.25, 0.3) is 0 Å². The Hall–Kier alpha value is -0.820. The SMILES string of the molecule is COCCCCCNC(=O)C(C)(N)C(F)(F)F. The Kier molecular flexibility index (Phi) is 6.48. The molecule has 0 aromatic carbocycles. The first-order chi connectivity index (χ1) is 7.73. The minimum absolute atomic E-state index is 0.186. The fourth-order valence-electron chi connectivity index (χ4n) is 1.06. The first-order valence-corrected chi connectivity index (χ1v) is 5.36. The average Bonchev–Trinajstić information content (AvgIpc) is 2.21. The molecule has 1 unspecified atom stereocenters. The van der Waals surface area contributed by atoms with Crippen LogP contribution in [-0.4, -0.2) is 37.9 Å². The first kappa shape index (κ1) is 16.2. The lowest BCUT2D eigenvalue weighted by molar-refractivity contribution is -0.187. The minimum atomic E-state index is -4.74. The molecule has 0 aromatic rings. The summed E-state index contributed by atoms with van der Waals surface area (Å²) >= 11 is 0. The van der Waals surface area contributed by atoms with E-state index in [0.29, 0.717) is 20.0 Å². The zero-order valence-corrected chi connectivity index (χ0v) is 10.1. The maximum Gasteiger partial charge on any atom is 0.415 e. The van der Waals surface area contributed by atoms with Gasteiger partial charge in [-0.25, -0.2) is 0 Å². The fraction of sp³-hybridized carbons (Fsp3) is 0.900. The maximum atomic E-state index is 12.4. The number of hydrogen-bond acceptors (Lipinski definition) is 3. The van der Waals surface area contributed by atoms with E-state index in [1.54, 1.807) is 7.11 Å². The van der Waals surface area contributed by atoms with Crippen molar-refractivity contribution < 1.29 is 22.7 Å². The van der Waals surface area contributed by atoms with Gasteiger partial charge in [0, 0.05) is 20.3 Å². The third-order valence-electron chi connectivity index (χ3n) is 2.37. The molecular formula is C10H19F3N2O2. The molecule has 1 amide bonds. The van der Waals surface area contributed by atoms with E-state index in [0.717, 1.165) is 12.8 Å². The van der Waals surface area contributed by atoms with E-state index in [1.165, 1.54) is 0 Å². The third-order valence-corrected chi connectivity index (χ3v) is 2.37. The molecule has 0 aliphatic carbocycles. The maximum absolute atomic E-state index is 12.4. The Morgan fingerprint density at radius 3 is 2.35 bits per heavy atom. The third kappa shape index (κ3) is 5.36. The molecule has 4 nitrogen and oxygen atoms in total. The van der Waals surface area contributed by atoms with Crippen LogP contribution in [0.5, 0.6) is 0 Å². The predicted molar refractivity (Wildman–Crippen MR) is 57.4 cm³/mol. The number of carbonyl (C=O) groups is 1. The summed E-state index contributed by atoms with van der Waals surface area (Å²) in [6.07, 6.45) is -2.55. The highest BCUT2D eigenvalue weighted by Gasteiger charge is 2.53. The Bertz CT molecular complexity index is 242. The van der Waals surface area contributed by atoms with Gasteiger partial charge in [-0.05, 0) is 26.2 Å². The summed E-state index contributed by atoms with van der Waals surface area (Å²) in [6.45, 7) is 1.45. The van der Waals surface area contributed by atoms with E-state index in [1.807, 2.05) is 0 Å². The van der Waals surface area contributed by atoms with Gasteiger partial charge in [0.05, 0.1) is 0 Å². The van der Waals surface area contributed by atoms with Gasteiger partial charge in [-0.15, -0.1) is 0 Å². The average molecular weight is 256 g/mol. The summed E-state index contributed by atoms with van der Waals surface area (Å²) in [4.78, 5) is 11.2. The Labute approximate surface area is 98.7 Å². The normalized spacial score (nSPS) is 15.4. The monoisotopic (exact) mass is 256 g/mol. The lowest BCUT2D eigenvalue weighted by Crippen LogP contribution is -2.61. The first-order valence-electron chi connectivity index (χ1n) is 5.36. The highest BCUT2D eigenvalue weighted by molar-refractivity contribution is 5.86. The van der Waals surface area contributed by atoms with Crippen molar-refractivity contribution in [1.29, 1.82) is 0 Å². The van der Waals surface area contributed by atoms with E-state index in [-0.39, 0.29) is 6.54 Å². The highest BCUT2D eigenvalue weighted by Crippen LogP contribution is 2.27. The number of halogens is 3. The van der Waals surface area contributed by atoms with Crippen LogP contribution in [0.3, 0.4) is 0 Å². The molecule has 0 saturated carbocycles. The lowest BCUT2D eigenvalue weighted by atomic mass is 10.0. The van der Waals surface area contributed by atoms with Crippen LogP contribution in [0.1, 0.15) is 26.2 Å². The number of rotatable bonds is 7. The molecule has 0 aliphatic rings. The molecule has 0 heterocycles. The Morgan fingerprint density at radius 2 is 1.88 bits per heavy atom. The second kappa shape index (κ2) is 6.80. The number of methoxy groups -OCH3 is 1. The zero-order valence-electron chi connectivity index (χ0n) is 10.1. The molecule has 0 saturated heterocycles. The van der Waals surface area contributed by atoms with Crippen molar-refractivity contribution in [3.8, 4) is 0 Å². The van der Waals surface area contributed by atoms with Crippen molar-refractivity contribution in [3.63, 3.8) is 0 Å². The van der Waals surface area contributed by atoms with Crippen LogP contribution >= 0.6 is 0 Å². The van der Waals surface area contributed by atoms with Crippen LogP contribution in [0.15, 0.2) is 0 Å². The van der Waals surface area contributed by atoms with E-state index < -0.39 is 17.6 Å². The van der Waals surface area contributed by atoms with Crippen LogP contribution in [0.2, 0.25) is 0 Å². The summed E-state index contributed by atoms with van der Waals surface area (Å²) in [6, 6.07) is 0. The van der Waals surface area contributed by atoms with Crippen molar-refractivity contribution in [1.82, 2.24) is 5.32 Å². The van der Waals surface area contributed by atoms with Crippen molar-refractivity contribution in [3.05, 3.63) is 0 Å². The molecule has 17 heavy (non-hydrogen) atoms. The number of nitrogens with one attached hydrogen (secondary N) is 1. The van der Waals surface area contributed by atoms with Crippen molar-refractivity contribution in [2.24, 2.45) is 5.73 Å². The van der Waals surface area contributed by atoms with E-state index in [9.17, 15) is 18.0 Å². The van der Waals surface area contributed by atoms with Crippen LogP contribution in [-0.2, 0) is 9.53 Å². The number of amides is 1. The summed E-state index contributed by atoms with van der Waals surface area (Å²) in [5.41, 5.74) is 2.11. The number of hydrogen-bond donors (Lipinski definition) is 2. The van der Waals surface area contributed by atoms with Gasteiger partial charge in [-0.2, -0.15) is 13.2 Å². The van der Waals surface area contributed by atoms with Crippen LogP contribution in [0.4, 0.5) is 13.2 Å². The summed E-state index contributed by atoms with van der Waals surface area (Å²) in [7, 11) is 1.57. The number of unbranched alkanes of at least 4 members (excludes halogenated alkanes) is 2. The van der Waals surface area contributed by atoms with Gasteiger partial charge >= 0.3 is 6.18 Å². The molecule has 0 spiro atoms. The molecule has 1 atom stereocenters.